The third-order valence-corrected chi connectivity index (χ3v) is 6.99. The number of nitrogens with zero attached hydrogens (tertiary/aromatic N) is 3. The number of benzene rings is 1. The Labute approximate surface area is 181 Å². The molecular weight excluding hydrogens is 403 g/mol. The highest BCUT2D eigenvalue weighted by atomic mass is 32.2. The van der Waals surface area contributed by atoms with Crippen LogP contribution in [0.5, 0.6) is 0 Å². The molecule has 1 aliphatic heterocycles. The average molecular weight is 433 g/mol. The number of thioether (sulfide) groups is 1. The lowest BCUT2D eigenvalue weighted by Gasteiger charge is -2.29. The Hall–Kier alpha value is -1.93. The van der Waals surface area contributed by atoms with E-state index < -0.39 is 0 Å². The number of amides is 1. The van der Waals surface area contributed by atoms with E-state index in [1.54, 1.807) is 12.1 Å². The molecule has 1 aliphatic carbocycles. The molecule has 0 bridgehead atoms. The molecule has 6 nitrogen and oxygen atoms in total. The van der Waals surface area contributed by atoms with E-state index in [1.807, 2.05) is 4.57 Å². The Bertz CT molecular complexity index is 851. The molecule has 30 heavy (non-hydrogen) atoms. The van der Waals surface area contributed by atoms with Gasteiger partial charge in [-0.05, 0) is 55.9 Å². The van der Waals surface area contributed by atoms with E-state index in [0.717, 1.165) is 31.4 Å². The van der Waals surface area contributed by atoms with Gasteiger partial charge >= 0.3 is 0 Å². The molecule has 3 atom stereocenters. The van der Waals surface area contributed by atoms with Crippen molar-refractivity contribution in [1.82, 2.24) is 20.1 Å². The predicted octanol–water partition coefficient (Wildman–Crippen LogP) is 4.05. The van der Waals surface area contributed by atoms with Crippen LogP contribution in [-0.4, -0.2) is 45.2 Å². The van der Waals surface area contributed by atoms with Gasteiger partial charge in [-0.15, -0.1) is 10.2 Å². The maximum absolute atomic E-state index is 13.4. The summed E-state index contributed by atoms with van der Waals surface area (Å²) in [6.07, 6.45) is 6.81. The van der Waals surface area contributed by atoms with Crippen LogP contribution < -0.4 is 5.32 Å². The average Bonchev–Trinajstić information content (AvgIpc) is 3.39. The topological polar surface area (TPSA) is 69.0 Å². The summed E-state index contributed by atoms with van der Waals surface area (Å²) >= 11 is 1.39. The SMILES string of the molecule is CC1CCCCC1NC(=O)CSc1nnc(-c2ccc(F)cc2)n1CC1CCCO1. The van der Waals surface area contributed by atoms with Crippen LogP contribution in [0.2, 0.25) is 0 Å². The first kappa shape index (κ1) is 21.3. The summed E-state index contributed by atoms with van der Waals surface area (Å²) in [7, 11) is 0. The van der Waals surface area contributed by atoms with Crippen LogP contribution >= 0.6 is 11.8 Å². The highest BCUT2D eigenvalue weighted by molar-refractivity contribution is 7.99. The van der Waals surface area contributed by atoms with Crippen LogP contribution in [0, 0.1) is 11.7 Å². The van der Waals surface area contributed by atoms with E-state index in [1.165, 1.54) is 43.2 Å². The van der Waals surface area contributed by atoms with Gasteiger partial charge in [0.15, 0.2) is 11.0 Å². The molecule has 1 saturated carbocycles. The van der Waals surface area contributed by atoms with Gasteiger partial charge in [0, 0.05) is 18.2 Å². The van der Waals surface area contributed by atoms with Crippen molar-refractivity contribution in [3.63, 3.8) is 0 Å². The first-order chi connectivity index (χ1) is 14.6. The Kier molecular flexibility index (Phi) is 7.04. The molecule has 4 rings (SSSR count). The molecule has 2 fully saturated rings. The molecule has 1 amide bonds. The fourth-order valence-corrected chi connectivity index (χ4v) is 5.03. The van der Waals surface area contributed by atoms with Crippen molar-refractivity contribution in [2.75, 3.05) is 12.4 Å². The molecule has 1 N–H and O–H groups in total. The maximum atomic E-state index is 13.4. The molecule has 2 heterocycles. The zero-order valence-electron chi connectivity index (χ0n) is 17.3. The van der Waals surface area contributed by atoms with Crippen molar-refractivity contribution in [1.29, 1.82) is 0 Å². The highest BCUT2D eigenvalue weighted by Gasteiger charge is 2.25. The number of hydrogen-bond acceptors (Lipinski definition) is 5. The predicted molar refractivity (Wildman–Crippen MR) is 115 cm³/mol. The minimum atomic E-state index is -0.285. The second kappa shape index (κ2) is 9.92. The van der Waals surface area contributed by atoms with Crippen molar-refractivity contribution in [3.8, 4) is 11.4 Å². The number of hydrogen-bond donors (Lipinski definition) is 1. The highest BCUT2D eigenvalue weighted by Crippen LogP contribution is 2.27. The van der Waals surface area contributed by atoms with Crippen molar-refractivity contribution in [2.24, 2.45) is 5.92 Å². The minimum Gasteiger partial charge on any atom is -0.376 e. The van der Waals surface area contributed by atoms with E-state index in [2.05, 4.69) is 22.4 Å². The van der Waals surface area contributed by atoms with Crippen molar-refractivity contribution in [3.05, 3.63) is 30.1 Å². The van der Waals surface area contributed by atoms with Crippen molar-refractivity contribution >= 4 is 17.7 Å². The second-order valence-corrected chi connectivity index (χ2v) is 9.23. The van der Waals surface area contributed by atoms with Gasteiger partial charge in [0.2, 0.25) is 5.91 Å². The first-order valence-corrected chi connectivity index (χ1v) is 11.8. The smallest absolute Gasteiger partial charge is 0.230 e. The summed E-state index contributed by atoms with van der Waals surface area (Å²) in [4.78, 5) is 12.5. The molecule has 1 aromatic carbocycles. The van der Waals surface area contributed by atoms with Crippen molar-refractivity contribution < 1.29 is 13.9 Å². The van der Waals surface area contributed by atoms with Gasteiger partial charge < -0.3 is 10.1 Å². The van der Waals surface area contributed by atoms with Gasteiger partial charge in [-0.2, -0.15) is 0 Å². The molecular formula is C22H29FN4O2S. The summed E-state index contributed by atoms with van der Waals surface area (Å²) < 4.78 is 21.2. The lowest BCUT2D eigenvalue weighted by atomic mass is 9.86. The molecule has 0 spiro atoms. The summed E-state index contributed by atoms with van der Waals surface area (Å²) in [6, 6.07) is 6.53. The van der Waals surface area contributed by atoms with Crippen LogP contribution in [0.25, 0.3) is 11.4 Å². The Balaban J connectivity index is 1.46. The largest absolute Gasteiger partial charge is 0.376 e. The Morgan fingerprint density at radius 2 is 2.00 bits per heavy atom. The van der Waals surface area contributed by atoms with E-state index in [4.69, 9.17) is 4.74 Å². The number of ether oxygens (including phenoxy) is 1. The Morgan fingerprint density at radius 1 is 1.20 bits per heavy atom. The number of nitrogens with one attached hydrogen (secondary N) is 1. The first-order valence-electron chi connectivity index (χ1n) is 10.8. The molecule has 0 radical (unpaired) electrons. The lowest BCUT2D eigenvalue weighted by Crippen LogP contribution is -2.41. The third-order valence-electron chi connectivity index (χ3n) is 6.02. The molecule has 8 heteroatoms. The maximum Gasteiger partial charge on any atom is 0.230 e. The van der Waals surface area contributed by atoms with Crippen LogP contribution in [0.3, 0.4) is 0 Å². The molecule has 2 aliphatic rings. The summed E-state index contributed by atoms with van der Waals surface area (Å²) in [6.45, 7) is 3.61. The molecule has 2 aromatic rings. The molecule has 1 aromatic heterocycles. The molecule has 1 saturated heterocycles. The van der Waals surface area contributed by atoms with Crippen LogP contribution in [0.15, 0.2) is 29.4 Å². The van der Waals surface area contributed by atoms with Gasteiger partial charge in [-0.1, -0.05) is 31.5 Å². The number of aromatic nitrogens is 3. The number of carbonyl (C=O) groups is 1. The van der Waals surface area contributed by atoms with E-state index in [0.29, 0.717) is 29.2 Å². The van der Waals surface area contributed by atoms with Gasteiger partial charge in [0.25, 0.3) is 0 Å². The standard InChI is InChI=1S/C22H29FN4O2S/c1-15-5-2-3-7-19(15)24-20(28)14-30-22-26-25-21(16-8-10-17(23)11-9-16)27(22)13-18-6-4-12-29-18/h8-11,15,18-19H,2-7,12-14H2,1H3,(H,24,28). The van der Waals surface area contributed by atoms with Crippen LogP contribution in [0.4, 0.5) is 4.39 Å². The number of rotatable bonds is 7. The quantitative estimate of drug-likeness (QED) is 0.669. The second-order valence-electron chi connectivity index (χ2n) is 8.28. The fraction of sp³-hybridized carbons (Fsp3) is 0.591. The summed E-state index contributed by atoms with van der Waals surface area (Å²) in [5.74, 6) is 1.26. The number of carbonyl (C=O) groups excluding carboxylic acids is 1. The monoisotopic (exact) mass is 432 g/mol. The molecule has 162 valence electrons. The van der Waals surface area contributed by atoms with E-state index >= 15 is 0 Å². The van der Waals surface area contributed by atoms with Gasteiger partial charge in [-0.3, -0.25) is 9.36 Å². The Morgan fingerprint density at radius 3 is 2.73 bits per heavy atom. The normalized spacial score (nSPS) is 24.1. The zero-order valence-corrected chi connectivity index (χ0v) is 18.2. The summed E-state index contributed by atoms with van der Waals surface area (Å²) in [5, 5.41) is 12.6. The van der Waals surface area contributed by atoms with E-state index in [-0.39, 0.29) is 23.9 Å². The van der Waals surface area contributed by atoms with Gasteiger partial charge in [-0.25, -0.2) is 4.39 Å². The van der Waals surface area contributed by atoms with E-state index in [9.17, 15) is 9.18 Å². The molecule has 3 unspecified atom stereocenters. The zero-order chi connectivity index (χ0) is 20.9. The minimum absolute atomic E-state index is 0.0359. The van der Waals surface area contributed by atoms with Crippen LogP contribution in [0.1, 0.15) is 45.4 Å². The van der Waals surface area contributed by atoms with Crippen molar-refractivity contribution in [2.45, 2.75) is 69.3 Å². The van der Waals surface area contributed by atoms with Gasteiger partial charge in [0.05, 0.1) is 18.4 Å². The summed E-state index contributed by atoms with van der Waals surface area (Å²) in [5.41, 5.74) is 0.800. The third kappa shape index (κ3) is 5.21. The van der Waals surface area contributed by atoms with Crippen LogP contribution in [-0.2, 0) is 16.1 Å². The number of halogens is 1. The fourth-order valence-electron chi connectivity index (χ4n) is 4.27. The lowest BCUT2D eigenvalue weighted by molar-refractivity contribution is -0.119. The van der Waals surface area contributed by atoms with Gasteiger partial charge in [0.1, 0.15) is 5.82 Å².